The van der Waals surface area contributed by atoms with Crippen LogP contribution in [0.25, 0.3) is 11.2 Å². The van der Waals surface area contributed by atoms with Gasteiger partial charge in [0.1, 0.15) is 5.52 Å². The van der Waals surface area contributed by atoms with Crippen LogP contribution >= 0.6 is 0 Å². The Morgan fingerprint density at radius 1 is 1.05 bits per heavy atom. The van der Waals surface area contributed by atoms with Crippen molar-refractivity contribution < 1.29 is 14.2 Å². The maximum Gasteiger partial charge on any atom is 0.226 e. The monoisotopic (exact) mass is 503 g/mol. The highest BCUT2D eigenvalue weighted by molar-refractivity contribution is 5.87. The predicted octanol–water partition coefficient (Wildman–Crippen LogP) is 4.43. The van der Waals surface area contributed by atoms with Gasteiger partial charge in [0.05, 0.1) is 27.4 Å². The molecule has 1 saturated heterocycles. The van der Waals surface area contributed by atoms with Crippen molar-refractivity contribution >= 4 is 34.6 Å². The van der Waals surface area contributed by atoms with Gasteiger partial charge in [-0.2, -0.15) is 15.0 Å². The van der Waals surface area contributed by atoms with Gasteiger partial charge in [-0.15, -0.1) is 0 Å². The largest absolute Gasteiger partial charge is 0.493 e. The highest BCUT2D eigenvalue weighted by Gasteiger charge is 2.20. The first-order valence-electron chi connectivity index (χ1n) is 12.5. The van der Waals surface area contributed by atoms with Crippen molar-refractivity contribution in [2.75, 3.05) is 62.6 Å². The molecule has 0 radical (unpaired) electrons. The van der Waals surface area contributed by atoms with Crippen molar-refractivity contribution in [3.63, 3.8) is 0 Å². The number of allylic oxidation sites excluding steroid dienone is 3. The molecule has 1 aliphatic carbocycles. The van der Waals surface area contributed by atoms with Gasteiger partial charge in [0.15, 0.2) is 23.0 Å². The van der Waals surface area contributed by atoms with Crippen molar-refractivity contribution in [3.8, 4) is 0 Å². The molecule has 10 nitrogen and oxygen atoms in total. The molecule has 1 aromatic carbocycles. The van der Waals surface area contributed by atoms with E-state index in [0.29, 0.717) is 37.3 Å². The standard InChI is InChI=1S/C27H33N7O3/c1-18-5-4-6-20(17-18)29-27-30-23-24(32-27)31-26(33-25(23)34-13-15-37-16-14-34)28-12-11-19-7-9-21(35-2)22(36-3)10-8-19/h4-7,9-10,17H,8,11-16H2,1-3H3,(H3,28,29,30,31,32,33). The summed E-state index contributed by atoms with van der Waals surface area (Å²) in [5.41, 5.74) is 4.82. The molecule has 1 aliphatic heterocycles. The maximum absolute atomic E-state index is 5.56. The summed E-state index contributed by atoms with van der Waals surface area (Å²) < 4.78 is 16.4. The normalized spacial score (nSPS) is 16.0. The fourth-order valence-corrected chi connectivity index (χ4v) is 4.43. The second-order valence-electron chi connectivity index (χ2n) is 8.96. The number of imidazole rings is 1. The van der Waals surface area contributed by atoms with Crippen LogP contribution in [-0.2, 0) is 14.2 Å². The lowest BCUT2D eigenvalue weighted by molar-refractivity contribution is 0.122. The molecule has 194 valence electrons. The molecule has 10 heteroatoms. The molecule has 37 heavy (non-hydrogen) atoms. The van der Waals surface area contributed by atoms with Crippen molar-refractivity contribution in [1.82, 2.24) is 19.9 Å². The lowest BCUT2D eigenvalue weighted by atomic mass is 10.1. The Kier molecular flexibility index (Phi) is 7.55. The van der Waals surface area contributed by atoms with Crippen LogP contribution in [0.1, 0.15) is 18.4 Å². The first kappa shape index (κ1) is 24.6. The molecule has 3 N–H and O–H groups in total. The lowest BCUT2D eigenvalue weighted by Gasteiger charge is -2.28. The Hall–Kier alpha value is -4.05. The highest BCUT2D eigenvalue weighted by atomic mass is 16.5. The number of nitrogens with one attached hydrogen (secondary N) is 3. The zero-order valence-electron chi connectivity index (χ0n) is 21.5. The van der Waals surface area contributed by atoms with Gasteiger partial charge in [-0.05, 0) is 49.6 Å². The minimum atomic E-state index is 0.554. The van der Waals surface area contributed by atoms with Crippen LogP contribution in [0.4, 0.5) is 23.4 Å². The summed E-state index contributed by atoms with van der Waals surface area (Å²) in [5, 5.41) is 6.76. The molecule has 0 bridgehead atoms. The van der Waals surface area contributed by atoms with E-state index in [1.165, 1.54) is 11.1 Å². The average molecular weight is 504 g/mol. The van der Waals surface area contributed by atoms with Crippen LogP contribution in [0.3, 0.4) is 0 Å². The number of morpholine rings is 1. The van der Waals surface area contributed by atoms with E-state index in [1.54, 1.807) is 14.2 Å². The summed E-state index contributed by atoms with van der Waals surface area (Å²) in [4.78, 5) is 19.9. The van der Waals surface area contributed by atoms with Gasteiger partial charge in [-0.25, -0.2) is 0 Å². The number of rotatable bonds is 9. The molecule has 0 saturated carbocycles. The summed E-state index contributed by atoms with van der Waals surface area (Å²) in [7, 11) is 3.30. The third-order valence-electron chi connectivity index (χ3n) is 6.36. The van der Waals surface area contributed by atoms with Crippen LogP contribution in [0.15, 0.2) is 59.6 Å². The second-order valence-corrected chi connectivity index (χ2v) is 8.96. The van der Waals surface area contributed by atoms with Crippen LogP contribution in [0.2, 0.25) is 0 Å². The Labute approximate surface area is 216 Å². The molecular formula is C27H33N7O3. The third-order valence-corrected chi connectivity index (χ3v) is 6.36. The van der Waals surface area contributed by atoms with Crippen molar-refractivity contribution in [2.45, 2.75) is 19.8 Å². The SMILES string of the molecule is COC1=CC=C(CCNc2nc(N3CCOCC3)c3[nH]c(Nc4cccc(C)c4)nc3n2)CC=C1OC. The summed E-state index contributed by atoms with van der Waals surface area (Å²) in [6.07, 6.45) is 7.70. The van der Waals surface area contributed by atoms with Gasteiger partial charge < -0.3 is 34.7 Å². The zero-order chi connectivity index (χ0) is 25.6. The van der Waals surface area contributed by atoms with E-state index in [-0.39, 0.29) is 0 Å². The first-order chi connectivity index (χ1) is 18.1. The van der Waals surface area contributed by atoms with E-state index in [9.17, 15) is 0 Å². The molecule has 3 heterocycles. The van der Waals surface area contributed by atoms with Gasteiger partial charge >= 0.3 is 0 Å². The Bertz CT molecular complexity index is 1340. The molecule has 2 aliphatic rings. The predicted molar refractivity (Wildman–Crippen MR) is 145 cm³/mol. The van der Waals surface area contributed by atoms with Gasteiger partial charge in [0, 0.05) is 25.3 Å². The molecule has 0 unspecified atom stereocenters. The third kappa shape index (κ3) is 5.86. The van der Waals surface area contributed by atoms with Crippen molar-refractivity contribution in [1.29, 1.82) is 0 Å². The number of fused-ring (bicyclic) bond motifs is 1. The van der Waals surface area contributed by atoms with E-state index in [0.717, 1.165) is 54.5 Å². The number of benzene rings is 1. The zero-order valence-corrected chi connectivity index (χ0v) is 21.5. The van der Waals surface area contributed by atoms with Crippen molar-refractivity contribution in [2.24, 2.45) is 0 Å². The molecule has 1 fully saturated rings. The summed E-state index contributed by atoms with van der Waals surface area (Å²) in [6, 6.07) is 8.17. The molecule has 5 rings (SSSR count). The van der Waals surface area contributed by atoms with E-state index >= 15 is 0 Å². The van der Waals surface area contributed by atoms with Crippen LogP contribution in [0, 0.1) is 6.92 Å². The van der Waals surface area contributed by atoms with E-state index in [4.69, 9.17) is 29.2 Å². The van der Waals surface area contributed by atoms with E-state index in [1.807, 2.05) is 24.3 Å². The second kappa shape index (κ2) is 11.3. The Morgan fingerprint density at radius 3 is 2.68 bits per heavy atom. The van der Waals surface area contributed by atoms with E-state index < -0.39 is 0 Å². The van der Waals surface area contributed by atoms with Crippen LogP contribution in [0.5, 0.6) is 0 Å². The number of anilines is 4. The van der Waals surface area contributed by atoms with Gasteiger partial charge in [0.25, 0.3) is 0 Å². The number of hydrogen-bond donors (Lipinski definition) is 3. The number of nitrogens with zero attached hydrogens (tertiary/aromatic N) is 4. The summed E-state index contributed by atoms with van der Waals surface area (Å²) in [5.74, 6) is 3.49. The molecule has 0 atom stereocenters. The maximum atomic E-state index is 5.56. The topological polar surface area (TPSA) is 109 Å². The van der Waals surface area contributed by atoms with Crippen LogP contribution in [-0.4, -0.2) is 67.0 Å². The molecule has 3 aromatic rings. The number of aromatic nitrogens is 4. The smallest absolute Gasteiger partial charge is 0.226 e. The Balaban J connectivity index is 1.35. The van der Waals surface area contributed by atoms with E-state index in [2.05, 4.69) is 45.6 Å². The number of methoxy groups -OCH3 is 2. The fraction of sp³-hybridized carbons (Fsp3) is 0.370. The van der Waals surface area contributed by atoms with Crippen LogP contribution < -0.4 is 15.5 Å². The number of ether oxygens (including phenoxy) is 3. The number of H-pyrrole nitrogens is 1. The van der Waals surface area contributed by atoms with Gasteiger partial charge in [-0.1, -0.05) is 23.8 Å². The summed E-state index contributed by atoms with van der Waals surface area (Å²) >= 11 is 0. The van der Waals surface area contributed by atoms with Gasteiger partial charge in [0.2, 0.25) is 11.9 Å². The number of hydrogen-bond acceptors (Lipinski definition) is 9. The quantitative estimate of drug-likeness (QED) is 0.390. The van der Waals surface area contributed by atoms with Gasteiger partial charge in [-0.3, -0.25) is 0 Å². The number of aryl methyl sites for hydroxylation is 1. The highest BCUT2D eigenvalue weighted by Crippen LogP contribution is 2.27. The van der Waals surface area contributed by atoms with Crippen molar-refractivity contribution in [3.05, 3.63) is 65.1 Å². The summed E-state index contributed by atoms with van der Waals surface area (Å²) in [6.45, 7) is 5.61. The minimum Gasteiger partial charge on any atom is -0.493 e. The number of aromatic amines is 1. The molecular weight excluding hydrogens is 470 g/mol. The Morgan fingerprint density at radius 2 is 1.89 bits per heavy atom. The molecule has 0 spiro atoms. The molecule has 0 amide bonds. The molecule has 2 aromatic heterocycles. The first-order valence-corrected chi connectivity index (χ1v) is 12.5. The minimum absolute atomic E-state index is 0.554. The lowest BCUT2D eigenvalue weighted by Crippen LogP contribution is -2.37. The average Bonchev–Trinajstić information content (AvgIpc) is 3.20. The fourth-order valence-electron chi connectivity index (χ4n) is 4.43.